The number of hydrogen-bond acceptors (Lipinski definition) is 6. The number of aromatic nitrogens is 2. The highest BCUT2D eigenvalue weighted by atomic mass is 16.6. The quantitative estimate of drug-likeness (QED) is 0.829. The molecule has 0 aliphatic carbocycles. The van der Waals surface area contributed by atoms with Crippen molar-refractivity contribution in [1.82, 2.24) is 15.1 Å². The summed E-state index contributed by atoms with van der Waals surface area (Å²) in [5.74, 6) is 1.18. The summed E-state index contributed by atoms with van der Waals surface area (Å²) in [6.07, 6.45) is 2.56. The highest BCUT2D eigenvalue weighted by molar-refractivity contribution is 5.68. The summed E-state index contributed by atoms with van der Waals surface area (Å²) >= 11 is 0. The molecule has 0 radical (unpaired) electrons. The number of amides is 1. The maximum atomic E-state index is 12.2. The topological polar surface area (TPSA) is 77.7 Å². The van der Waals surface area contributed by atoms with Crippen LogP contribution in [0.1, 0.15) is 39.2 Å². The Kier molecular flexibility index (Phi) is 5.15. The zero-order valence-corrected chi connectivity index (χ0v) is 15.7. The molecule has 7 nitrogen and oxygen atoms in total. The first-order valence-electron chi connectivity index (χ1n) is 8.84. The normalized spacial score (nSPS) is 15.8. The molecule has 1 aromatic heterocycles. The molecule has 1 amide bonds. The Morgan fingerprint density at radius 2 is 2.00 bits per heavy atom. The fraction of sp³-hybridized carbons (Fsp3) is 0.526. The van der Waals surface area contributed by atoms with E-state index in [1.54, 1.807) is 4.90 Å². The van der Waals surface area contributed by atoms with Crippen LogP contribution in [0.25, 0.3) is 11.5 Å². The van der Waals surface area contributed by atoms with Crippen LogP contribution >= 0.6 is 0 Å². The maximum Gasteiger partial charge on any atom is 0.410 e. The Balaban J connectivity index is 1.64. The second kappa shape index (κ2) is 7.35. The van der Waals surface area contributed by atoms with Gasteiger partial charge in [0, 0.05) is 25.9 Å². The highest BCUT2D eigenvalue weighted by Crippen LogP contribution is 2.33. The zero-order valence-electron chi connectivity index (χ0n) is 15.7. The molecule has 7 heteroatoms. The fourth-order valence-electron chi connectivity index (χ4n) is 2.96. The summed E-state index contributed by atoms with van der Waals surface area (Å²) in [6, 6.07) is 5.84. The highest BCUT2D eigenvalue weighted by Gasteiger charge is 2.28. The monoisotopic (exact) mass is 359 g/mol. The lowest BCUT2D eigenvalue weighted by molar-refractivity contribution is 0.0127. The van der Waals surface area contributed by atoms with Crippen molar-refractivity contribution in [2.75, 3.05) is 13.1 Å². The minimum atomic E-state index is -0.481. The van der Waals surface area contributed by atoms with Gasteiger partial charge in [0.05, 0.1) is 5.56 Å². The van der Waals surface area contributed by atoms with Gasteiger partial charge in [-0.3, -0.25) is 0 Å². The molecule has 0 unspecified atom stereocenters. The van der Waals surface area contributed by atoms with E-state index in [4.69, 9.17) is 13.9 Å². The average molecular weight is 359 g/mol. The number of carbonyl (C=O) groups is 1. The summed E-state index contributed by atoms with van der Waals surface area (Å²) in [4.78, 5) is 13.9. The number of benzene rings is 1. The molecule has 26 heavy (non-hydrogen) atoms. The lowest BCUT2D eigenvalue weighted by atomic mass is 10.1. The van der Waals surface area contributed by atoms with Crippen molar-refractivity contribution in [3.63, 3.8) is 0 Å². The summed E-state index contributed by atoms with van der Waals surface area (Å²) in [6.45, 7) is 8.83. The van der Waals surface area contributed by atoms with Gasteiger partial charge in [-0.2, -0.15) is 0 Å². The number of nitrogens with zero attached hydrogens (tertiary/aromatic N) is 3. The molecule has 0 spiro atoms. The predicted octanol–water partition coefficient (Wildman–Crippen LogP) is 3.82. The third kappa shape index (κ3) is 4.33. The first-order valence-corrected chi connectivity index (χ1v) is 8.84. The van der Waals surface area contributed by atoms with E-state index >= 15 is 0 Å². The van der Waals surface area contributed by atoms with Crippen LogP contribution in [-0.4, -0.2) is 46.0 Å². The Morgan fingerprint density at radius 3 is 2.62 bits per heavy atom. The molecule has 1 saturated heterocycles. The van der Waals surface area contributed by atoms with Crippen molar-refractivity contribution < 1.29 is 18.7 Å². The molecule has 140 valence electrons. The largest absolute Gasteiger partial charge is 0.489 e. The minimum Gasteiger partial charge on any atom is -0.489 e. The van der Waals surface area contributed by atoms with Gasteiger partial charge in [-0.15, -0.1) is 10.2 Å². The summed E-state index contributed by atoms with van der Waals surface area (Å²) in [5, 5.41) is 7.76. The van der Waals surface area contributed by atoms with E-state index in [1.165, 1.54) is 6.39 Å². The maximum absolute atomic E-state index is 12.2. The van der Waals surface area contributed by atoms with Crippen molar-refractivity contribution in [2.24, 2.45) is 0 Å². The van der Waals surface area contributed by atoms with E-state index < -0.39 is 5.60 Å². The van der Waals surface area contributed by atoms with Crippen molar-refractivity contribution in [2.45, 2.75) is 52.2 Å². The summed E-state index contributed by atoms with van der Waals surface area (Å²) in [5.41, 5.74) is 1.35. The predicted molar refractivity (Wildman–Crippen MR) is 95.9 cm³/mol. The van der Waals surface area contributed by atoms with Gasteiger partial charge in [0.2, 0.25) is 6.39 Å². The molecule has 1 aromatic carbocycles. The van der Waals surface area contributed by atoms with Gasteiger partial charge in [0.25, 0.3) is 5.89 Å². The lowest BCUT2D eigenvalue weighted by Crippen LogP contribution is -2.44. The molecule has 0 atom stereocenters. The number of hydrogen-bond donors (Lipinski definition) is 0. The SMILES string of the molecule is Cc1cccc(OC2CCN(C(=O)OC(C)(C)C)CC2)c1-c1nnco1. The third-order valence-corrected chi connectivity index (χ3v) is 4.20. The molecule has 3 rings (SSSR count). The lowest BCUT2D eigenvalue weighted by Gasteiger charge is -2.33. The van der Waals surface area contributed by atoms with Crippen LogP contribution in [0.3, 0.4) is 0 Å². The van der Waals surface area contributed by atoms with Crippen LogP contribution < -0.4 is 4.74 Å². The van der Waals surface area contributed by atoms with E-state index in [-0.39, 0.29) is 12.2 Å². The Bertz CT molecular complexity index is 745. The van der Waals surface area contributed by atoms with E-state index in [2.05, 4.69) is 10.2 Å². The van der Waals surface area contributed by atoms with Crippen LogP contribution in [0.15, 0.2) is 29.0 Å². The molecule has 0 bridgehead atoms. The van der Waals surface area contributed by atoms with Gasteiger partial charge in [0.1, 0.15) is 17.5 Å². The Labute approximate surface area is 153 Å². The van der Waals surface area contributed by atoms with Crippen molar-refractivity contribution in [1.29, 1.82) is 0 Å². The molecule has 2 heterocycles. The standard InChI is InChI=1S/C19H25N3O4/c1-13-6-5-7-15(16(13)17-21-20-12-24-17)25-14-8-10-22(11-9-14)18(23)26-19(2,3)4/h5-7,12,14H,8-11H2,1-4H3. The second-order valence-corrected chi connectivity index (χ2v) is 7.48. The van der Waals surface area contributed by atoms with E-state index in [1.807, 2.05) is 45.9 Å². The number of likely N-dealkylation sites (tertiary alicyclic amines) is 1. The van der Waals surface area contributed by atoms with E-state index in [0.29, 0.717) is 19.0 Å². The van der Waals surface area contributed by atoms with Crippen molar-refractivity contribution in [3.05, 3.63) is 30.2 Å². The molecule has 0 saturated carbocycles. The van der Waals surface area contributed by atoms with E-state index in [0.717, 1.165) is 29.7 Å². The van der Waals surface area contributed by atoms with Crippen LogP contribution in [0.4, 0.5) is 4.79 Å². The van der Waals surface area contributed by atoms with Crippen LogP contribution in [-0.2, 0) is 4.74 Å². The van der Waals surface area contributed by atoms with Crippen molar-refractivity contribution >= 4 is 6.09 Å². The number of rotatable bonds is 3. The number of ether oxygens (including phenoxy) is 2. The van der Waals surface area contributed by atoms with E-state index in [9.17, 15) is 4.79 Å². The zero-order chi connectivity index (χ0) is 18.7. The van der Waals surface area contributed by atoms with Gasteiger partial charge in [0.15, 0.2) is 0 Å². The van der Waals surface area contributed by atoms with Gasteiger partial charge in [-0.25, -0.2) is 4.79 Å². The fourth-order valence-corrected chi connectivity index (χ4v) is 2.96. The first-order chi connectivity index (χ1) is 12.3. The summed E-state index contributed by atoms with van der Waals surface area (Å²) < 4.78 is 17.0. The Hall–Kier alpha value is -2.57. The first kappa shape index (κ1) is 18.2. The molecular formula is C19H25N3O4. The molecule has 1 fully saturated rings. The number of piperidine rings is 1. The average Bonchev–Trinajstić information content (AvgIpc) is 3.08. The van der Waals surface area contributed by atoms with Gasteiger partial charge >= 0.3 is 6.09 Å². The third-order valence-electron chi connectivity index (χ3n) is 4.20. The van der Waals surface area contributed by atoms with Crippen LogP contribution in [0.2, 0.25) is 0 Å². The molecule has 1 aliphatic rings. The van der Waals surface area contributed by atoms with Crippen LogP contribution in [0, 0.1) is 6.92 Å². The molecule has 1 aliphatic heterocycles. The summed E-state index contributed by atoms with van der Waals surface area (Å²) in [7, 11) is 0. The molecule has 0 N–H and O–H groups in total. The van der Waals surface area contributed by atoms with Gasteiger partial charge < -0.3 is 18.8 Å². The van der Waals surface area contributed by atoms with Gasteiger partial charge in [-0.05, 0) is 39.3 Å². The second-order valence-electron chi connectivity index (χ2n) is 7.48. The molecular weight excluding hydrogens is 334 g/mol. The van der Waals surface area contributed by atoms with Crippen LogP contribution in [0.5, 0.6) is 5.75 Å². The number of aryl methyl sites for hydroxylation is 1. The minimum absolute atomic E-state index is 0.0251. The Morgan fingerprint density at radius 1 is 1.27 bits per heavy atom. The van der Waals surface area contributed by atoms with Gasteiger partial charge in [-0.1, -0.05) is 12.1 Å². The smallest absolute Gasteiger partial charge is 0.410 e. The number of carbonyl (C=O) groups excluding carboxylic acids is 1. The van der Waals surface area contributed by atoms with Crippen molar-refractivity contribution in [3.8, 4) is 17.2 Å². The molecule has 2 aromatic rings.